The van der Waals surface area contributed by atoms with Gasteiger partial charge in [0.1, 0.15) is 5.82 Å². The van der Waals surface area contributed by atoms with Crippen LogP contribution < -0.4 is 5.46 Å². The molecule has 0 unspecified atom stereocenters. The van der Waals surface area contributed by atoms with E-state index in [4.69, 9.17) is 10.0 Å². The standard InChI is InChI=1S/C9H11BFNO3/c1-12(2)9(13)7-4-3-6(10(14)15)5-8(7)11/h3-5,14-15H,1-2H3. The van der Waals surface area contributed by atoms with Crippen molar-refractivity contribution in [3.63, 3.8) is 0 Å². The highest BCUT2D eigenvalue weighted by Crippen LogP contribution is 2.07. The third-order valence-corrected chi connectivity index (χ3v) is 1.93. The molecule has 1 aromatic rings. The van der Waals surface area contributed by atoms with Crippen LogP contribution in [0.2, 0.25) is 0 Å². The Morgan fingerprint density at radius 2 is 2.00 bits per heavy atom. The molecule has 0 saturated carbocycles. The average molecular weight is 211 g/mol. The van der Waals surface area contributed by atoms with Gasteiger partial charge in [-0.1, -0.05) is 6.07 Å². The van der Waals surface area contributed by atoms with Crippen LogP contribution in [-0.2, 0) is 0 Å². The van der Waals surface area contributed by atoms with E-state index in [0.717, 1.165) is 6.07 Å². The van der Waals surface area contributed by atoms with Gasteiger partial charge in [0.25, 0.3) is 5.91 Å². The smallest absolute Gasteiger partial charge is 0.423 e. The molecular formula is C9H11BFNO3. The SMILES string of the molecule is CN(C)C(=O)c1ccc(B(O)O)cc1F. The first-order valence-electron chi connectivity index (χ1n) is 4.30. The molecule has 1 aromatic carbocycles. The van der Waals surface area contributed by atoms with Crippen LogP contribution >= 0.6 is 0 Å². The molecule has 0 fully saturated rings. The van der Waals surface area contributed by atoms with Crippen LogP contribution in [0, 0.1) is 5.82 Å². The monoisotopic (exact) mass is 211 g/mol. The van der Waals surface area contributed by atoms with Crippen LogP contribution in [0.15, 0.2) is 18.2 Å². The molecule has 6 heteroatoms. The summed E-state index contributed by atoms with van der Waals surface area (Å²) >= 11 is 0. The summed E-state index contributed by atoms with van der Waals surface area (Å²) in [7, 11) is 1.29. The number of amides is 1. The molecule has 0 spiro atoms. The fourth-order valence-electron chi connectivity index (χ4n) is 1.11. The van der Waals surface area contributed by atoms with Gasteiger partial charge in [-0.05, 0) is 17.6 Å². The van der Waals surface area contributed by atoms with Crippen molar-refractivity contribution < 1.29 is 19.2 Å². The van der Waals surface area contributed by atoms with Crippen LogP contribution in [-0.4, -0.2) is 42.1 Å². The van der Waals surface area contributed by atoms with Crippen LogP contribution in [0.5, 0.6) is 0 Å². The Labute approximate surface area is 87.1 Å². The van der Waals surface area contributed by atoms with E-state index >= 15 is 0 Å². The summed E-state index contributed by atoms with van der Waals surface area (Å²) in [5.41, 5.74) is -0.0767. The summed E-state index contributed by atoms with van der Waals surface area (Å²) in [6.45, 7) is 0. The van der Waals surface area contributed by atoms with Crippen molar-refractivity contribution in [2.45, 2.75) is 0 Å². The molecule has 0 atom stereocenters. The summed E-state index contributed by atoms with van der Waals surface area (Å²) in [6, 6.07) is 3.46. The fraction of sp³-hybridized carbons (Fsp3) is 0.222. The molecule has 15 heavy (non-hydrogen) atoms. The average Bonchev–Trinajstić information content (AvgIpc) is 2.16. The summed E-state index contributed by atoms with van der Waals surface area (Å²) < 4.78 is 13.4. The Kier molecular flexibility index (Phi) is 3.44. The van der Waals surface area contributed by atoms with E-state index in [1.54, 1.807) is 0 Å². The molecule has 0 aliphatic heterocycles. The van der Waals surface area contributed by atoms with Crippen LogP contribution in [0.25, 0.3) is 0 Å². The number of halogens is 1. The molecule has 1 amide bonds. The van der Waals surface area contributed by atoms with Gasteiger partial charge in [0, 0.05) is 14.1 Å². The van der Waals surface area contributed by atoms with Crippen molar-refractivity contribution in [1.82, 2.24) is 4.90 Å². The van der Waals surface area contributed by atoms with Crippen molar-refractivity contribution in [2.24, 2.45) is 0 Å². The highest BCUT2D eigenvalue weighted by atomic mass is 19.1. The lowest BCUT2D eigenvalue weighted by Crippen LogP contribution is -2.31. The number of hydrogen-bond acceptors (Lipinski definition) is 3. The molecule has 0 heterocycles. The van der Waals surface area contributed by atoms with Crippen molar-refractivity contribution in [2.75, 3.05) is 14.1 Å². The van der Waals surface area contributed by atoms with E-state index in [0.29, 0.717) is 0 Å². The second-order valence-electron chi connectivity index (χ2n) is 3.31. The Morgan fingerprint density at radius 1 is 1.40 bits per heavy atom. The van der Waals surface area contributed by atoms with Crippen molar-refractivity contribution in [1.29, 1.82) is 0 Å². The zero-order chi connectivity index (χ0) is 11.6. The molecule has 0 aliphatic carbocycles. The lowest BCUT2D eigenvalue weighted by atomic mass is 9.80. The second-order valence-corrected chi connectivity index (χ2v) is 3.31. The van der Waals surface area contributed by atoms with Gasteiger partial charge in [-0.2, -0.15) is 0 Å². The molecule has 0 saturated heterocycles. The van der Waals surface area contributed by atoms with E-state index in [1.165, 1.54) is 31.1 Å². The lowest BCUT2D eigenvalue weighted by molar-refractivity contribution is 0.0823. The highest BCUT2D eigenvalue weighted by molar-refractivity contribution is 6.58. The Morgan fingerprint density at radius 3 is 2.40 bits per heavy atom. The molecule has 0 bridgehead atoms. The van der Waals surface area contributed by atoms with Gasteiger partial charge in [0.2, 0.25) is 0 Å². The van der Waals surface area contributed by atoms with Gasteiger partial charge >= 0.3 is 7.12 Å². The third-order valence-electron chi connectivity index (χ3n) is 1.93. The van der Waals surface area contributed by atoms with E-state index in [9.17, 15) is 9.18 Å². The van der Waals surface area contributed by atoms with Gasteiger partial charge in [0.15, 0.2) is 0 Å². The number of nitrogens with zero attached hydrogens (tertiary/aromatic N) is 1. The van der Waals surface area contributed by atoms with Crippen molar-refractivity contribution in [3.05, 3.63) is 29.6 Å². The largest absolute Gasteiger partial charge is 0.488 e. The quantitative estimate of drug-likeness (QED) is 0.630. The van der Waals surface area contributed by atoms with E-state index < -0.39 is 18.8 Å². The normalized spacial score (nSPS) is 9.93. The highest BCUT2D eigenvalue weighted by Gasteiger charge is 2.17. The maximum Gasteiger partial charge on any atom is 0.488 e. The number of benzene rings is 1. The number of hydrogen-bond donors (Lipinski definition) is 2. The maximum atomic E-state index is 13.4. The van der Waals surface area contributed by atoms with Crippen LogP contribution in [0.3, 0.4) is 0 Å². The zero-order valence-electron chi connectivity index (χ0n) is 8.44. The third kappa shape index (κ3) is 2.54. The molecule has 0 aliphatic rings. The predicted octanol–water partition coefficient (Wildman–Crippen LogP) is -0.793. The van der Waals surface area contributed by atoms with Gasteiger partial charge in [-0.3, -0.25) is 4.79 Å². The summed E-state index contributed by atoms with van der Waals surface area (Å²) in [4.78, 5) is 12.7. The number of carbonyl (C=O) groups excluding carboxylic acids is 1. The summed E-state index contributed by atoms with van der Waals surface area (Å²) in [5.74, 6) is -1.23. The zero-order valence-corrected chi connectivity index (χ0v) is 8.44. The Bertz CT molecular complexity index is 382. The van der Waals surface area contributed by atoms with Crippen LogP contribution in [0.4, 0.5) is 4.39 Å². The summed E-state index contributed by atoms with van der Waals surface area (Å²) in [5, 5.41) is 17.6. The van der Waals surface area contributed by atoms with E-state index in [1.807, 2.05) is 0 Å². The minimum absolute atomic E-state index is 0.0165. The van der Waals surface area contributed by atoms with Gasteiger partial charge in [-0.15, -0.1) is 0 Å². The molecule has 1 rings (SSSR count). The van der Waals surface area contributed by atoms with Gasteiger partial charge in [-0.25, -0.2) is 4.39 Å². The Hall–Kier alpha value is -1.40. The van der Waals surface area contributed by atoms with Gasteiger partial charge in [0.05, 0.1) is 5.56 Å². The maximum absolute atomic E-state index is 13.4. The minimum Gasteiger partial charge on any atom is -0.423 e. The Balaban J connectivity index is 3.08. The topological polar surface area (TPSA) is 60.8 Å². The molecular weight excluding hydrogens is 200 g/mol. The lowest BCUT2D eigenvalue weighted by Gasteiger charge is -2.11. The van der Waals surface area contributed by atoms with Crippen molar-refractivity contribution in [3.8, 4) is 0 Å². The first kappa shape index (κ1) is 11.7. The first-order valence-corrected chi connectivity index (χ1v) is 4.30. The summed E-state index contributed by atoms with van der Waals surface area (Å²) in [6.07, 6.45) is 0. The minimum atomic E-state index is -1.73. The molecule has 4 nitrogen and oxygen atoms in total. The fourth-order valence-corrected chi connectivity index (χ4v) is 1.11. The van der Waals surface area contributed by atoms with E-state index in [-0.39, 0.29) is 11.0 Å². The van der Waals surface area contributed by atoms with E-state index in [2.05, 4.69) is 0 Å². The molecule has 0 aromatic heterocycles. The molecule has 80 valence electrons. The first-order chi connectivity index (χ1) is 6.93. The van der Waals surface area contributed by atoms with Crippen molar-refractivity contribution >= 4 is 18.5 Å². The molecule has 2 N–H and O–H groups in total. The number of carbonyl (C=O) groups is 1. The van der Waals surface area contributed by atoms with Gasteiger partial charge < -0.3 is 14.9 Å². The predicted molar refractivity (Wildman–Crippen MR) is 54.2 cm³/mol. The number of rotatable bonds is 2. The molecule has 0 radical (unpaired) electrons. The second kappa shape index (κ2) is 4.42. The van der Waals surface area contributed by atoms with Crippen LogP contribution in [0.1, 0.15) is 10.4 Å².